The number of sulfonamides is 1. The Morgan fingerprint density at radius 2 is 1.90 bits per heavy atom. The number of carbonyl (C=O) groups excluding carboxylic acids is 1. The van der Waals surface area contributed by atoms with Gasteiger partial charge in [-0.2, -0.15) is 4.72 Å². The van der Waals surface area contributed by atoms with Crippen LogP contribution in [0.2, 0.25) is 0 Å². The van der Waals surface area contributed by atoms with Gasteiger partial charge in [-0.05, 0) is 31.5 Å². The second kappa shape index (κ2) is 6.02. The second-order valence-electron chi connectivity index (χ2n) is 4.34. The van der Waals surface area contributed by atoms with Crippen molar-refractivity contribution in [3.8, 4) is 0 Å². The van der Waals surface area contributed by atoms with E-state index in [0.717, 1.165) is 0 Å². The van der Waals surface area contributed by atoms with E-state index in [2.05, 4.69) is 5.32 Å². The third kappa shape index (κ3) is 4.04. The first-order valence-electron chi connectivity index (χ1n) is 5.77. The summed E-state index contributed by atoms with van der Waals surface area (Å²) < 4.78 is 26.1. The minimum absolute atomic E-state index is 0.111. The summed E-state index contributed by atoms with van der Waals surface area (Å²) in [6.45, 7) is 4.25. The maximum atomic E-state index is 12.0. The van der Waals surface area contributed by atoms with Crippen LogP contribution in [0.5, 0.6) is 0 Å². The minimum Gasteiger partial charge on any atom is -0.480 e. The van der Waals surface area contributed by atoms with Crippen molar-refractivity contribution in [3.63, 3.8) is 0 Å². The molecule has 7 nitrogen and oxygen atoms in total. The summed E-state index contributed by atoms with van der Waals surface area (Å²) in [5, 5.41) is 11.2. The van der Waals surface area contributed by atoms with Crippen LogP contribution in [-0.2, 0) is 19.6 Å². The van der Waals surface area contributed by atoms with Gasteiger partial charge in [-0.3, -0.25) is 9.59 Å². The minimum atomic E-state index is -3.96. The molecule has 0 aliphatic rings. The number of benzene rings is 1. The molecule has 0 bridgehead atoms. The van der Waals surface area contributed by atoms with Crippen LogP contribution in [-0.4, -0.2) is 31.4 Å². The van der Waals surface area contributed by atoms with Crippen LogP contribution in [0.25, 0.3) is 0 Å². The summed E-state index contributed by atoms with van der Waals surface area (Å²) in [5.74, 6) is -1.60. The van der Waals surface area contributed by atoms with Crippen LogP contribution in [0, 0.1) is 6.92 Å². The van der Waals surface area contributed by atoms with Crippen molar-refractivity contribution in [2.75, 3.05) is 5.32 Å². The van der Waals surface area contributed by atoms with Crippen molar-refractivity contribution >= 4 is 27.6 Å². The lowest BCUT2D eigenvalue weighted by Crippen LogP contribution is -2.38. The van der Waals surface area contributed by atoms with E-state index in [1.807, 2.05) is 4.72 Å². The molecule has 0 spiro atoms. The Morgan fingerprint density at radius 1 is 1.30 bits per heavy atom. The highest BCUT2D eigenvalue weighted by Gasteiger charge is 2.22. The zero-order valence-corrected chi connectivity index (χ0v) is 12.1. The van der Waals surface area contributed by atoms with Gasteiger partial charge in [0.1, 0.15) is 6.04 Å². The molecule has 110 valence electrons. The molecule has 0 saturated heterocycles. The third-order valence-electron chi connectivity index (χ3n) is 2.53. The summed E-state index contributed by atoms with van der Waals surface area (Å²) in [7, 11) is -3.96. The number of rotatable bonds is 5. The Kier molecular flexibility index (Phi) is 4.85. The third-order valence-corrected chi connectivity index (χ3v) is 4.07. The highest BCUT2D eigenvalue weighted by molar-refractivity contribution is 7.89. The summed E-state index contributed by atoms with van der Waals surface area (Å²) in [4.78, 5) is 21.6. The molecule has 0 aromatic heterocycles. The van der Waals surface area contributed by atoms with Gasteiger partial charge in [-0.15, -0.1) is 0 Å². The van der Waals surface area contributed by atoms with Crippen LogP contribution >= 0.6 is 0 Å². The van der Waals surface area contributed by atoms with Crippen LogP contribution < -0.4 is 10.0 Å². The molecule has 1 atom stereocenters. The maximum absolute atomic E-state index is 12.0. The molecule has 1 amide bonds. The van der Waals surface area contributed by atoms with Gasteiger partial charge in [-0.25, -0.2) is 8.42 Å². The Labute approximate surface area is 117 Å². The molecule has 0 radical (unpaired) electrons. The first kappa shape index (κ1) is 16.1. The zero-order chi connectivity index (χ0) is 15.5. The second-order valence-corrected chi connectivity index (χ2v) is 6.05. The molecule has 3 N–H and O–H groups in total. The van der Waals surface area contributed by atoms with Crippen molar-refractivity contribution < 1.29 is 23.1 Å². The van der Waals surface area contributed by atoms with E-state index in [4.69, 9.17) is 5.11 Å². The van der Waals surface area contributed by atoms with Gasteiger partial charge in [0.2, 0.25) is 15.9 Å². The molecule has 1 rings (SSSR count). The zero-order valence-electron chi connectivity index (χ0n) is 11.3. The molecule has 0 unspecified atom stereocenters. The molecular formula is C12H16N2O5S. The van der Waals surface area contributed by atoms with Gasteiger partial charge in [-0.1, -0.05) is 6.07 Å². The Hall–Kier alpha value is -1.93. The molecule has 1 aromatic rings. The van der Waals surface area contributed by atoms with Gasteiger partial charge < -0.3 is 10.4 Å². The van der Waals surface area contributed by atoms with Crippen LogP contribution in [0.4, 0.5) is 5.69 Å². The fraction of sp³-hybridized carbons (Fsp3) is 0.333. The monoisotopic (exact) mass is 300 g/mol. The van der Waals surface area contributed by atoms with Gasteiger partial charge in [0.15, 0.2) is 0 Å². The Balaban J connectivity index is 3.13. The maximum Gasteiger partial charge on any atom is 0.321 e. The first-order valence-corrected chi connectivity index (χ1v) is 7.25. The van der Waals surface area contributed by atoms with Crippen molar-refractivity contribution in [1.29, 1.82) is 0 Å². The molecule has 20 heavy (non-hydrogen) atoms. The SMILES string of the molecule is CC(=O)Nc1cc(S(=O)(=O)N[C@H](C)C(=O)O)ccc1C. The lowest BCUT2D eigenvalue weighted by molar-refractivity contribution is -0.138. The fourth-order valence-corrected chi connectivity index (χ4v) is 2.67. The van der Waals surface area contributed by atoms with E-state index in [0.29, 0.717) is 11.3 Å². The van der Waals surface area contributed by atoms with Crippen LogP contribution in [0.15, 0.2) is 23.1 Å². The quantitative estimate of drug-likeness (QED) is 0.741. The lowest BCUT2D eigenvalue weighted by atomic mass is 10.2. The average molecular weight is 300 g/mol. The lowest BCUT2D eigenvalue weighted by Gasteiger charge is -2.12. The highest BCUT2D eigenvalue weighted by atomic mass is 32.2. The number of carbonyl (C=O) groups is 2. The highest BCUT2D eigenvalue weighted by Crippen LogP contribution is 2.20. The molecule has 8 heteroatoms. The van der Waals surface area contributed by atoms with E-state index in [1.54, 1.807) is 6.92 Å². The molecule has 1 aromatic carbocycles. The van der Waals surface area contributed by atoms with E-state index < -0.39 is 22.0 Å². The number of carboxylic acids is 1. The Bertz CT molecular complexity index is 639. The largest absolute Gasteiger partial charge is 0.480 e. The van der Waals surface area contributed by atoms with Gasteiger partial charge in [0, 0.05) is 12.6 Å². The predicted octanol–water partition coefficient (Wildman–Crippen LogP) is 0.705. The number of aryl methyl sites for hydroxylation is 1. The average Bonchev–Trinajstić information content (AvgIpc) is 2.30. The predicted molar refractivity (Wildman–Crippen MR) is 72.9 cm³/mol. The van der Waals surface area contributed by atoms with E-state index in [1.165, 1.54) is 32.0 Å². The summed E-state index contributed by atoms with van der Waals surface area (Å²) in [6, 6.07) is 2.92. The van der Waals surface area contributed by atoms with E-state index in [9.17, 15) is 18.0 Å². The van der Waals surface area contributed by atoms with Crippen molar-refractivity contribution in [2.24, 2.45) is 0 Å². The number of aliphatic carboxylic acids is 1. The number of amides is 1. The van der Waals surface area contributed by atoms with Gasteiger partial charge >= 0.3 is 5.97 Å². The molecular weight excluding hydrogens is 284 g/mol. The van der Waals surface area contributed by atoms with E-state index in [-0.39, 0.29) is 10.8 Å². The van der Waals surface area contributed by atoms with Gasteiger partial charge in [0.25, 0.3) is 0 Å². The normalized spacial score (nSPS) is 12.8. The van der Waals surface area contributed by atoms with Crippen molar-refractivity contribution in [2.45, 2.75) is 31.7 Å². The van der Waals surface area contributed by atoms with E-state index >= 15 is 0 Å². The smallest absolute Gasteiger partial charge is 0.321 e. The molecule has 0 saturated carbocycles. The molecule has 0 aliphatic heterocycles. The van der Waals surface area contributed by atoms with Crippen molar-refractivity contribution in [1.82, 2.24) is 4.72 Å². The standard InChI is InChI=1S/C12H16N2O5S/c1-7-4-5-10(6-11(7)13-9(3)15)20(18,19)14-8(2)12(16)17/h4-6,8,14H,1-3H3,(H,13,15)(H,16,17)/t8-/m1/s1. The number of hydrogen-bond donors (Lipinski definition) is 3. The topological polar surface area (TPSA) is 113 Å². The van der Waals surface area contributed by atoms with Gasteiger partial charge in [0.05, 0.1) is 4.90 Å². The van der Waals surface area contributed by atoms with Crippen molar-refractivity contribution in [3.05, 3.63) is 23.8 Å². The molecule has 0 aliphatic carbocycles. The van der Waals surface area contributed by atoms with Crippen LogP contribution in [0.1, 0.15) is 19.4 Å². The summed E-state index contributed by atoms with van der Waals surface area (Å²) >= 11 is 0. The first-order chi connectivity index (χ1) is 9.13. The number of nitrogens with one attached hydrogen (secondary N) is 2. The number of anilines is 1. The molecule has 0 heterocycles. The molecule has 0 fully saturated rings. The fourth-order valence-electron chi connectivity index (χ4n) is 1.44. The number of carboxylic acid groups (broad SMARTS) is 1. The van der Waals surface area contributed by atoms with Crippen LogP contribution in [0.3, 0.4) is 0 Å². The Morgan fingerprint density at radius 3 is 2.40 bits per heavy atom. The summed E-state index contributed by atoms with van der Waals surface area (Å²) in [5.41, 5.74) is 1.06. The number of hydrogen-bond acceptors (Lipinski definition) is 4. The summed E-state index contributed by atoms with van der Waals surface area (Å²) in [6.07, 6.45) is 0.